The van der Waals surface area contributed by atoms with Gasteiger partial charge in [0.15, 0.2) is 0 Å². The number of methoxy groups -OCH3 is 2. The molecule has 1 aliphatic rings. The highest BCUT2D eigenvalue weighted by atomic mass is 16.5. The van der Waals surface area contributed by atoms with Gasteiger partial charge in [-0.1, -0.05) is 12.1 Å². The smallest absolute Gasteiger partial charge is 0.466 e. The average molecular weight is 413 g/mol. The molecule has 0 fully saturated rings. The number of carbonyl (C=O) groups is 2. The summed E-state index contributed by atoms with van der Waals surface area (Å²) < 4.78 is 20.8. The molecule has 0 bridgehead atoms. The number of esters is 2. The minimum absolute atomic E-state index is 0.0517. The number of ether oxygens (including phenoxy) is 4. The first-order chi connectivity index (χ1) is 14.4. The second-order valence-electron chi connectivity index (χ2n) is 6.25. The van der Waals surface area contributed by atoms with Gasteiger partial charge in [-0.15, -0.1) is 0 Å². The van der Waals surface area contributed by atoms with Crippen LogP contribution in [0.15, 0.2) is 59.8 Å². The molecule has 0 amide bonds. The maximum Gasteiger partial charge on any atom is 0.488 e. The van der Waals surface area contributed by atoms with E-state index in [1.807, 2.05) is 0 Å². The fourth-order valence-corrected chi connectivity index (χ4v) is 2.89. The number of hydrogen-bond donors (Lipinski definition) is 2. The van der Waals surface area contributed by atoms with Crippen LogP contribution in [0.5, 0.6) is 11.5 Å². The summed E-state index contributed by atoms with van der Waals surface area (Å²) in [7, 11) is 0.913. The molecule has 0 atom stereocenters. The summed E-state index contributed by atoms with van der Waals surface area (Å²) in [5.74, 6) is -0.316. The highest BCUT2D eigenvalue weighted by molar-refractivity contribution is 6.58. The quantitative estimate of drug-likeness (QED) is 0.518. The molecule has 0 aromatic heterocycles. The summed E-state index contributed by atoms with van der Waals surface area (Å²) in [6.45, 7) is -0.0105. The van der Waals surface area contributed by atoms with E-state index in [4.69, 9.17) is 29.0 Å². The van der Waals surface area contributed by atoms with E-state index >= 15 is 0 Å². The van der Waals surface area contributed by atoms with E-state index in [-0.39, 0.29) is 24.6 Å². The summed E-state index contributed by atoms with van der Waals surface area (Å²) in [5.41, 5.74) is 1.07. The van der Waals surface area contributed by atoms with Crippen molar-refractivity contribution in [3.05, 3.63) is 59.8 Å². The van der Waals surface area contributed by atoms with E-state index in [9.17, 15) is 9.59 Å². The van der Waals surface area contributed by atoms with E-state index in [1.165, 1.54) is 19.1 Å². The molecule has 9 nitrogen and oxygen atoms in total. The standard InChI is InChI=1S/C20H20BNO8/c1-27-19(23)17-11-29-12-22(18(17)20(24)28-2)14-5-9-16(10-6-14)30-15-7-3-13(4-8-15)21(25)26/h3-10,25-26H,11-12H2,1-2H3. The molecule has 10 heteroatoms. The Morgan fingerprint density at radius 1 is 0.933 bits per heavy atom. The molecular weight excluding hydrogens is 393 g/mol. The van der Waals surface area contributed by atoms with Crippen molar-refractivity contribution >= 4 is 30.2 Å². The van der Waals surface area contributed by atoms with Crippen LogP contribution < -0.4 is 15.1 Å². The van der Waals surface area contributed by atoms with Crippen LogP contribution in [-0.2, 0) is 23.8 Å². The monoisotopic (exact) mass is 413 g/mol. The number of anilines is 1. The van der Waals surface area contributed by atoms with E-state index in [2.05, 4.69) is 0 Å². The van der Waals surface area contributed by atoms with Crippen LogP contribution in [-0.4, -0.2) is 56.7 Å². The molecule has 0 unspecified atom stereocenters. The topological polar surface area (TPSA) is 115 Å². The lowest BCUT2D eigenvalue weighted by molar-refractivity contribution is -0.140. The Bertz CT molecular complexity index is 940. The van der Waals surface area contributed by atoms with Crippen molar-refractivity contribution < 1.29 is 38.6 Å². The predicted octanol–water partition coefficient (Wildman–Crippen LogP) is 0.553. The van der Waals surface area contributed by atoms with Gasteiger partial charge in [0, 0.05) is 5.69 Å². The molecule has 2 aromatic rings. The molecule has 0 saturated carbocycles. The SMILES string of the molecule is COC(=O)C1=C(C(=O)OC)N(c2ccc(Oc3ccc(B(O)O)cc3)cc2)COC1. The molecule has 1 aliphatic heterocycles. The van der Waals surface area contributed by atoms with Gasteiger partial charge in [-0.2, -0.15) is 0 Å². The lowest BCUT2D eigenvalue weighted by atomic mass is 9.80. The number of rotatable bonds is 6. The van der Waals surface area contributed by atoms with Crippen molar-refractivity contribution in [2.45, 2.75) is 0 Å². The van der Waals surface area contributed by atoms with Crippen molar-refractivity contribution in [1.29, 1.82) is 0 Å². The fourth-order valence-electron chi connectivity index (χ4n) is 2.89. The Morgan fingerprint density at radius 2 is 1.50 bits per heavy atom. The molecule has 0 aliphatic carbocycles. The lowest BCUT2D eigenvalue weighted by Gasteiger charge is -2.31. The third kappa shape index (κ3) is 4.62. The van der Waals surface area contributed by atoms with Gasteiger partial charge in [0.25, 0.3) is 0 Å². The Morgan fingerprint density at radius 3 is 2.03 bits per heavy atom. The van der Waals surface area contributed by atoms with Gasteiger partial charge < -0.3 is 33.9 Å². The van der Waals surface area contributed by atoms with Crippen LogP contribution in [0.1, 0.15) is 0 Å². The number of benzene rings is 2. The second kappa shape index (κ2) is 9.44. The fraction of sp³-hybridized carbons (Fsp3) is 0.200. The highest BCUT2D eigenvalue weighted by Crippen LogP contribution is 2.29. The van der Waals surface area contributed by atoms with Crippen molar-refractivity contribution in [3.63, 3.8) is 0 Å². The first-order valence-corrected chi connectivity index (χ1v) is 8.93. The molecule has 30 heavy (non-hydrogen) atoms. The van der Waals surface area contributed by atoms with E-state index < -0.39 is 19.1 Å². The third-order valence-corrected chi connectivity index (χ3v) is 4.40. The van der Waals surface area contributed by atoms with Crippen molar-refractivity contribution in [2.75, 3.05) is 32.5 Å². The van der Waals surface area contributed by atoms with E-state index in [0.717, 1.165) is 0 Å². The summed E-state index contributed by atoms with van der Waals surface area (Å²) in [5, 5.41) is 18.3. The molecular formula is C20H20BNO8. The minimum Gasteiger partial charge on any atom is -0.466 e. The van der Waals surface area contributed by atoms with Gasteiger partial charge in [-0.3, -0.25) is 0 Å². The summed E-state index contributed by atoms with van der Waals surface area (Å²) in [6, 6.07) is 13.1. The number of nitrogens with zero attached hydrogens (tertiary/aromatic N) is 1. The molecule has 2 N–H and O–H groups in total. The van der Waals surface area contributed by atoms with Crippen LogP contribution >= 0.6 is 0 Å². The van der Waals surface area contributed by atoms with E-state index in [0.29, 0.717) is 22.6 Å². The zero-order valence-electron chi connectivity index (χ0n) is 16.4. The number of carbonyl (C=O) groups excluding carboxylic acids is 2. The van der Waals surface area contributed by atoms with Crippen LogP contribution in [0.4, 0.5) is 5.69 Å². The Kier molecular flexibility index (Phi) is 6.73. The van der Waals surface area contributed by atoms with Gasteiger partial charge >= 0.3 is 19.1 Å². The first kappa shape index (κ1) is 21.4. The zero-order chi connectivity index (χ0) is 21.7. The average Bonchev–Trinajstić information content (AvgIpc) is 2.78. The summed E-state index contributed by atoms with van der Waals surface area (Å²) in [6.07, 6.45) is 0. The molecule has 2 aromatic carbocycles. The van der Waals surface area contributed by atoms with Gasteiger partial charge in [0.1, 0.15) is 23.9 Å². The molecule has 0 radical (unpaired) electrons. The molecule has 156 valence electrons. The predicted molar refractivity (Wildman–Crippen MR) is 107 cm³/mol. The molecule has 0 saturated heterocycles. The van der Waals surface area contributed by atoms with Gasteiger partial charge in [0.05, 0.1) is 26.4 Å². The highest BCUT2D eigenvalue weighted by Gasteiger charge is 2.32. The largest absolute Gasteiger partial charge is 0.488 e. The van der Waals surface area contributed by atoms with Gasteiger partial charge in [0.2, 0.25) is 0 Å². The Labute approximate surface area is 173 Å². The zero-order valence-corrected chi connectivity index (χ0v) is 16.4. The summed E-state index contributed by atoms with van der Waals surface area (Å²) >= 11 is 0. The number of hydrogen-bond acceptors (Lipinski definition) is 9. The van der Waals surface area contributed by atoms with Crippen molar-refractivity contribution in [3.8, 4) is 11.5 Å². The second-order valence-corrected chi connectivity index (χ2v) is 6.25. The lowest BCUT2D eigenvalue weighted by Crippen LogP contribution is -2.38. The van der Waals surface area contributed by atoms with Gasteiger partial charge in [-0.25, -0.2) is 9.59 Å². The van der Waals surface area contributed by atoms with Gasteiger partial charge in [-0.05, 0) is 41.9 Å². The van der Waals surface area contributed by atoms with Crippen LogP contribution in [0, 0.1) is 0 Å². The van der Waals surface area contributed by atoms with Crippen LogP contribution in [0.25, 0.3) is 0 Å². The first-order valence-electron chi connectivity index (χ1n) is 8.93. The summed E-state index contributed by atoms with van der Waals surface area (Å²) in [4.78, 5) is 25.9. The molecule has 1 heterocycles. The van der Waals surface area contributed by atoms with Crippen molar-refractivity contribution in [1.82, 2.24) is 0 Å². The Hall–Kier alpha value is -3.34. The third-order valence-electron chi connectivity index (χ3n) is 4.40. The normalized spacial score (nSPS) is 13.7. The maximum absolute atomic E-state index is 12.3. The molecule has 3 rings (SSSR count). The van der Waals surface area contributed by atoms with Crippen molar-refractivity contribution in [2.24, 2.45) is 0 Å². The van der Waals surface area contributed by atoms with Crippen LogP contribution in [0.2, 0.25) is 0 Å². The molecule has 0 spiro atoms. The van der Waals surface area contributed by atoms with E-state index in [1.54, 1.807) is 48.5 Å². The maximum atomic E-state index is 12.3. The minimum atomic E-state index is -1.54. The Balaban J connectivity index is 1.83. The van der Waals surface area contributed by atoms with Crippen LogP contribution in [0.3, 0.4) is 0 Å².